The lowest BCUT2D eigenvalue weighted by Gasteiger charge is -2.18. The number of allylic oxidation sites excluding steroid dienone is 1. The third kappa shape index (κ3) is 3.79. The Bertz CT molecular complexity index is 1070. The lowest BCUT2D eigenvalue weighted by Crippen LogP contribution is -2.28. The lowest BCUT2D eigenvalue weighted by atomic mass is 9.89. The van der Waals surface area contributed by atoms with Crippen molar-refractivity contribution in [3.8, 4) is 0 Å². The number of fused-ring (bicyclic) bond motifs is 3. The molecule has 1 atom stereocenters. The number of esters is 1. The highest BCUT2D eigenvalue weighted by Crippen LogP contribution is 2.47. The number of thioether (sulfide) groups is 1. The van der Waals surface area contributed by atoms with Crippen molar-refractivity contribution in [3.63, 3.8) is 0 Å². The van der Waals surface area contributed by atoms with Gasteiger partial charge in [0.2, 0.25) is 0 Å². The van der Waals surface area contributed by atoms with E-state index in [1.165, 1.54) is 16.9 Å². The fourth-order valence-corrected chi connectivity index (χ4v) is 6.19. The van der Waals surface area contributed by atoms with Gasteiger partial charge in [-0.15, -0.1) is 11.3 Å². The van der Waals surface area contributed by atoms with E-state index >= 15 is 0 Å². The molecule has 5 rings (SSSR count). The molecule has 1 aromatic carbocycles. The SMILES string of the molecule is O=C(CCc1nc2ccccc2s1)OCC1=NC(=O)C2C(=N1)SC1=C2CCCC1. The van der Waals surface area contributed by atoms with Crippen LogP contribution in [0.5, 0.6) is 0 Å². The molecule has 0 saturated heterocycles. The maximum Gasteiger partial charge on any atom is 0.306 e. The van der Waals surface area contributed by atoms with Crippen molar-refractivity contribution < 1.29 is 14.3 Å². The second-order valence-electron chi connectivity index (χ2n) is 7.24. The maximum absolute atomic E-state index is 12.5. The molecule has 1 aromatic heterocycles. The lowest BCUT2D eigenvalue weighted by molar-refractivity contribution is -0.142. The number of hydrogen-bond acceptors (Lipinski definition) is 7. The quantitative estimate of drug-likeness (QED) is 0.667. The molecule has 148 valence electrons. The third-order valence-corrected chi connectivity index (χ3v) is 7.60. The fourth-order valence-electron chi connectivity index (χ4n) is 3.86. The number of carbonyl (C=O) groups is 2. The molecule has 1 aliphatic carbocycles. The Hall–Kier alpha value is -2.32. The number of rotatable bonds is 5. The molecule has 2 aromatic rings. The molecule has 0 fully saturated rings. The van der Waals surface area contributed by atoms with Crippen LogP contribution in [0.3, 0.4) is 0 Å². The summed E-state index contributed by atoms with van der Waals surface area (Å²) in [4.78, 5) is 39.1. The number of carbonyl (C=O) groups excluding carboxylic acids is 2. The summed E-state index contributed by atoms with van der Waals surface area (Å²) < 4.78 is 6.43. The summed E-state index contributed by atoms with van der Waals surface area (Å²) in [5.74, 6) is -0.496. The molecular weight excluding hydrogens is 406 g/mol. The molecule has 3 aliphatic rings. The number of aliphatic imine (C=N–C) groups is 2. The summed E-state index contributed by atoms with van der Waals surface area (Å²) in [6.45, 7) is -0.0636. The van der Waals surface area contributed by atoms with Gasteiger partial charge in [-0.25, -0.2) is 9.98 Å². The van der Waals surface area contributed by atoms with Crippen molar-refractivity contribution in [1.29, 1.82) is 0 Å². The number of ether oxygens (including phenoxy) is 1. The first-order valence-corrected chi connectivity index (χ1v) is 11.4. The molecule has 0 radical (unpaired) electrons. The average Bonchev–Trinajstić information content (AvgIpc) is 3.31. The van der Waals surface area contributed by atoms with Crippen molar-refractivity contribution in [2.75, 3.05) is 6.61 Å². The van der Waals surface area contributed by atoms with Gasteiger partial charge in [0, 0.05) is 6.42 Å². The van der Waals surface area contributed by atoms with Crippen LogP contribution in [0.4, 0.5) is 0 Å². The minimum absolute atomic E-state index is 0.0636. The van der Waals surface area contributed by atoms with E-state index in [0.717, 1.165) is 39.5 Å². The standard InChI is InChI=1S/C21H19N3O3S2/c25-18(10-9-17-22-13-6-2-4-8-15(13)28-17)27-11-16-23-20(26)19-12-5-1-3-7-14(12)29-21(19)24-16/h2,4,6,8,19H,1,3,5,7,9-11H2. The molecule has 1 unspecified atom stereocenters. The third-order valence-electron chi connectivity index (χ3n) is 5.25. The van der Waals surface area contributed by atoms with Gasteiger partial charge < -0.3 is 4.74 Å². The number of para-hydroxylation sites is 1. The topological polar surface area (TPSA) is 81.0 Å². The molecule has 6 nitrogen and oxygen atoms in total. The Kier molecular flexibility index (Phi) is 5.05. The molecule has 0 bridgehead atoms. The second-order valence-corrected chi connectivity index (χ2v) is 9.47. The van der Waals surface area contributed by atoms with Crippen LogP contribution >= 0.6 is 23.1 Å². The highest BCUT2D eigenvalue weighted by Gasteiger charge is 2.40. The molecular formula is C21H19N3O3S2. The predicted molar refractivity (Wildman–Crippen MR) is 115 cm³/mol. The highest BCUT2D eigenvalue weighted by atomic mass is 32.2. The van der Waals surface area contributed by atoms with Gasteiger partial charge in [-0.1, -0.05) is 23.9 Å². The van der Waals surface area contributed by atoms with Crippen LogP contribution in [0.1, 0.15) is 37.1 Å². The van der Waals surface area contributed by atoms with Crippen LogP contribution in [0.2, 0.25) is 0 Å². The van der Waals surface area contributed by atoms with Gasteiger partial charge in [0.05, 0.1) is 26.7 Å². The monoisotopic (exact) mass is 425 g/mol. The maximum atomic E-state index is 12.5. The van der Waals surface area contributed by atoms with Gasteiger partial charge in [-0.05, 0) is 48.3 Å². The highest BCUT2D eigenvalue weighted by molar-refractivity contribution is 8.17. The zero-order chi connectivity index (χ0) is 19.8. The van der Waals surface area contributed by atoms with Crippen molar-refractivity contribution in [2.45, 2.75) is 38.5 Å². The minimum atomic E-state index is -0.335. The predicted octanol–water partition coefficient (Wildman–Crippen LogP) is 4.30. The first-order chi connectivity index (χ1) is 14.2. The normalized spacial score (nSPS) is 21.0. The van der Waals surface area contributed by atoms with Crippen LogP contribution in [0, 0.1) is 5.92 Å². The van der Waals surface area contributed by atoms with Crippen molar-refractivity contribution in [3.05, 3.63) is 39.8 Å². The first-order valence-electron chi connectivity index (χ1n) is 9.77. The Morgan fingerprint density at radius 2 is 2.03 bits per heavy atom. The molecule has 0 N–H and O–H groups in total. The van der Waals surface area contributed by atoms with E-state index in [1.54, 1.807) is 23.1 Å². The molecule has 1 amide bonds. The largest absolute Gasteiger partial charge is 0.457 e. The summed E-state index contributed by atoms with van der Waals surface area (Å²) in [6.07, 6.45) is 5.05. The Labute approximate surface area is 176 Å². The van der Waals surface area contributed by atoms with Gasteiger partial charge in [0.1, 0.15) is 5.92 Å². The fraction of sp³-hybridized carbons (Fsp3) is 0.381. The van der Waals surface area contributed by atoms with Crippen LogP contribution < -0.4 is 0 Å². The first kappa shape index (κ1) is 18.7. The summed E-state index contributed by atoms with van der Waals surface area (Å²) in [5, 5.41) is 1.72. The van der Waals surface area contributed by atoms with Crippen LogP contribution in [-0.2, 0) is 20.7 Å². The minimum Gasteiger partial charge on any atom is -0.457 e. The van der Waals surface area contributed by atoms with E-state index in [9.17, 15) is 9.59 Å². The van der Waals surface area contributed by atoms with Gasteiger partial charge >= 0.3 is 5.97 Å². The number of amides is 1. The summed E-state index contributed by atoms with van der Waals surface area (Å²) >= 11 is 3.20. The van der Waals surface area contributed by atoms with Crippen molar-refractivity contribution in [1.82, 2.24) is 4.98 Å². The van der Waals surface area contributed by atoms with E-state index in [2.05, 4.69) is 15.0 Å². The van der Waals surface area contributed by atoms with E-state index in [-0.39, 0.29) is 30.8 Å². The van der Waals surface area contributed by atoms with Crippen LogP contribution in [-0.4, -0.2) is 34.3 Å². The average molecular weight is 426 g/mol. The van der Waals surface area contributed by atoms with Gasteiger partial charge in [-0.3, -0.25) is 9.59 Å². The number of benzene rings is 1. The zero-order valence-corrected chi connectivity index (χ0v) is 17.4. The van der Waals surface area contributed by atoms with Crippen molar-refractivity contribution >= 4 is 56.1 Å². The Morgan fingerprint density at radius 3 is 2.93 bits per heavy atom. The van der Waals surface area contributed by atoms with E-state index in [4.69, 9.17) is 4.74 Å². The van der Waals surface area contributed by atoms with Crippen molar-refractivity contribution in [2.24, 2.45) is 15.9 Å². The van der Waals surface area contributed by atoms with E-state index in [0.29, 0.717) is 12.3 Å². The van der Waals surface area contributed by atoms with Gasteiger partial charge in [0.25, 0.3) is 5.91 Å². The molecule has 2 aliphatic heterocycles. The number of nitrogens with zero attached hydrogens (tertiary/aromatic N) is 3. The Balaban J connectivity index is 1.16. The number of thiazole rings is 1. The molecule has 3 heterocycles. The molecule has 29 heavy (non-hydrogen) atoms. The second kappa shape index (κ2) is 7.84. The summed E-state index contributed by atoms with van der Waals surface area (Å²) in [5.41, 5.74) is 2.16. The number of hydrogen-bond donors (Lipinski definition) is 0. The van der Waals surface area contributed by atoms with Crippen LogP contribution in [0.15, 0.2) is 44.7 Å². The van der Waals surface area contributed by atoms with Crippen LogP contribution in [0.25, 0.3) is 10.2 Å². The zero-order valence-electron chi connectivity index (χ0n) is 15.7. The summed E-state index contributed by atoms with van der Waals surface area (Å²) in [6, 6.07) is 7.91. The van der Waals surface area contributed by atoms with E-state index in [1.807, 2.05) is 24.3 Å². The Morgan fingerprint density at radius 1 is 1.17 bits per heavy atom. The number of aromatic nitrogens is 1. The molecule has 8 heteroatoms. The number of aryl methyl sites for hydroxylation is 1. The molecule has 0 saturated carbocycles. The van der Waals surface area contributed by atoms with E-state index < -0.39 is 0 Å². The number of amidine groups is 1. The smallest absolute Gasteiger partial charge is 0.306 e. The van der Waals surface area contributed by atoms with Gasteiger partial charge in [0.15, 0.2) is 12.4 Å². The van der Waals surface area contributed by atoms with Gasteiger partial charge in [-0.2, -0.15) is 4.99 Å². The molecule has 0 spiro atoms. The summed E-state index contributed by atoms with van der Waals surface area (Å²) in [7, 11) is 0.